The molecule has 0 atom stereocenters. The van der Waals surface area contributed by atoms with E-state index >= 15 is 0 Å². The van der Waals surface area contributed by atoms with Gasteiger partial charge in [-0.1, -0.05) is 23.4 Å². The van der Waals surface area contributed by atoms with E-state index in [-0.39, 0.29) is 22.8 Å². The van der Waals surface area contributed by atoms with E-state index in [1.54, 1.807) is 18.2 Å². The van der Waals surface area contributed by atoms with Crippen LogP contribution in [0.4, 0.5) is 5.69 Å². The Hall–Kier alpha value is -4.01. The fourth-order valence-corrected chi connectivity index (χ4v) is 2.64. The first-order valence-corrected chi connectivity index (χ1v) is 7.47. The maximum Gasteiger partial charge on any atom is 0.358 e. The molecule has 0 aliphatic heterocycles. The van der Waals surface area contributed by atoms with Gasteiger partial charge < -0.3 is 9.52 Å². The van der Waals surface area contributed by atoms with E-state index in [1.807, 2.05) is 12.1 Å². The van der Waals surface area contributed by atoms with Crippen LogP contribution >= 0.6 is 0 Å². The van der Waals surface area contributed by atoms with E-state index in [4.69, 9.17) is 4.42 Å². The maximum atomic E-state index is 11.6. The zero-order valence-electron chi connectivity index (χ0n) is 13.1. The molecule has 0 aliphatic rings. The van der Waals surface area contributed by atoms with Gasteiger partial charge in [-0.3, -0.25) is 10.1 Å². The van der Waals surface area contributed by atoms with Gasteiger partial charge in [0, 0.05) is 17.5 Å². The molecule has 4 aromatic rings. The fourth-order valence-electron chi connectivity index (χ4n) is 2.64. The highest BCUT2D eigenvalue weighted by Crippen LogP contribution is 2.31. The first-order chi connectivity index (χ1) is 12.5. The molecule has 4 rings (SSSR count). The minimum Gasteiger partial charge on any atom is -0.476 e. The summed E-state index contributed by atoms with van der Waals surface area (Å²) in [6.45, 7) is 0. The van der Waals surface area contributed by atoms with Gasteiger partial charge in [-0.05, 0) is 24.3 Å². The van der Waals surface area contributed by atoms with Crippen LogP contribution in [0.25, 0.3) is 28.1 Å². The number of carboxylic acids is 1. The Bertz CT molecular complexity index is 1110. The molecule has 9 heteroatoms. The average Bonchev–Trinajstić information content (AvgIpc) is 3.25. The van der Waals surface area contributed by atoms with Crippen molar-refractivity contribution in [3.63, 3.8) is 0 Å². The molecule has 0 aliphatic carbocycles. The second kappa shape index (κ2) is 5.81. The third kappa shape index (κ3) is 2.47. The number of hydrogen-bond donors (Lipinski definition) is 1. The molecule has 9 nitrogen and oxygen atoms in total. The summed E-state index contributed by atoms with van der Waals surface area (Å²) in [6, 6.07) is 14.5. The van der Waals surface area contributed by atoms with Crippen LogP contribution in [0.3, 0.4) is 0 Å². The molecule has 0 saturated heterocycles. The second-order valence-corrected chi connectivity index (χ2v) is 5.43. The summed E-state index contributed by atoms with van der Waals surface area (Å²) in [5.41, 5.74) is 0.809. The number of rotatable bonds is 4. The van der Waals surface area contributed by atoms with Crippen LogP contribution in [-0.2, 0) is 0 Å². The van der Waals surface area contributed by atoms with Crippen molar-refractivity contribution in [3.05, 3.63) is 70.4 Å². The smallest absolute Gasteiger partial charge is 0.358 e. The fraction of sp³-hybridized carbons (Fsp3) is 0. The monoisotopic (exact) mass is 350 g/mol. The van der Waals surface area contributed by atoms with E-state index in [0.717, 1.165) is 5.39 Å². The number of nitro groups is 1. The molecule has 2 aromatic carbocycles. The van der Waals surface area contributed by atoms with Crippen molar-refractivity contribution in [2.24, 2.45) is 0 Å². The number of non-ortho nitro benzene ring substituents is 1. The van der Waals surface area contributed by atoms with Gasteiger partial charge >= 0.3 is 5.97 Å². The lowest BCUT2D eigenvalue weighted by molar-refractivity contribution is -0.384. The summed E-state index contributed by atoms with van der Waals surface area (Å²) in [4.78, 5) is 21.8. The topological polar surface area (TPSA) is 124 Å². The highest BCUT2D eigenvalue weighted by Gasteiger charge is 2.24. The lowest BCUT2D eigenvalue weighted by Crippen LogP contribution is -2.02. The molecule has 2 aromatic heterocycles. The molecule has 0 radical (unpaired) electrons. The number of carboxylic acid groups (broad SMARTS) is 1. The van der Waals surface area contributed by atoms with Gasteiger partial charge in [0.25, 0.3) is 5.69 Å². The van der Waals surface area contributed by atoms with E-state index in [2.05, 4.69) is 10.3 Å². The maximum absolute atomic E-state index is 11.6. The Balaban J connectivity index is 1.91. The highest BCUT2D eigenvalue weighted by atomic mass is 16.6. The van der Waals surface area contributed by atoms with Crippen LogP contribution < -0.4 is 0 Å². The summed E-state index contributed by atoms with van der Waals surface area (Å²) >= 11 is 0. The van der Waals surface area contributed by atoms with Crippen molar-refractivity contribution in [2.45, 2.75) is 0 Å². The van der Waals surface area contributed by atoms with E-state index in [1.165, 1.54) is 28.9 Å². The molecule has 26 heavy (non-hydrogen) atoms. The number of fused-ring (bicyclic) bond motifs is 1. The number of nitro benzene ring substituents is 1. The number of aromatic nitrogens is 3. The zero-order chi connectivity index (χ0) is 18.3. The average molecular weight is 350 g/mol. The lowest BCUT2D eigenvalue weighted by atomic mass is 10.2. The highest BCUT2D eigenvalue weighted by molar-refractivity contribution is 5.94. The van der Waals surface area contributed by atoms with Crippen LogP contribution in [0.15, 0.2) is 59.0 Å². The molecule has 0 fully saturated rings. The molecule has 0 bridgehead atoms. The van der Waals surface area contributed by atoms with Crippen LogP contribution in [0.5, 0.6) is 0 Å². The summed E-state index contributed by atoms with van der Waals surface area (Å²) in [5, 5.41) is 28.6. The summed E-state index contributed by atoms with van der Waals surface area (Å²) in [7, 11) is 0. The lowest BCUT2D eigenvalue weighted by Gasteiger charge is -2.04. The Morgan fingerprint density at radius 2 is 1.88 bits per heavy atom. The minimum absolute atomic E-state index is 0.0855. The largest absolute Gasteiger partial charge is 0.476 e. The number of furan rings is 1. The van der Waals surface area contributed by atoms with Gasteiger partial charge in [0.1, 0.15) is 11.3 Å². The van der Waals surface area contributed by atoms with Crippen LogP contribution in [0, 0.1) is 10.1 Å². The third-order valence-corrected chi connectivity index (χ3v) is 3.84. The standard InChI is InChI=1S/C17H10N4O5/c22-17(23)15-16(14-9-10-3-1-2-4-13(10)26-14)20(19-18-15)11-5-7-12(8-6-11)21(24)25/h1-9H,(H,22,23). The molecular formula is C17H10N4O5. The van der Waals surface area contributed by atoms with Crippen molar-refractivity contribution in [3.8, 4) is 17.1 Å². The predicted molar refractivity (Wildman–Crippen MR) is 90.2 cm³/mol. The van der Waals surface area contributed by atoms with Crippen LogP contribution in [0.2, 0.25) is 0 Å². The van der Waals surface area contributed by atoms with Gasteiger partial charge in [0.2, 0.25) is 5.69 Å². The molecule has 2 heterocycles. The number of aromatic carboxylic acids is 1. The van der Waals surface area contributed by atoms with Gasteiger partial charge in [-0.25, -0.2) is 9.48 Å². The van der Waals surface area contributed by atoms with Crippen molar-refractivity contribution in [2.75, 3.05) is 0 Å². The number of carbonyl (C=O) groups is 1. The number of nitrogens with zero attached hydrogens (tertiary/aromatic N) is 4. The summed E-state index contributed by atoms with van der Waals surface area (Å²) < 4.78 is 7.04. The molecule has 1 N–H and O–H groups in total. The van der Waals surface area contributed by atoms with Gasteiger partial charge in [0.15, 0.2) is 5.76 Å². The molecule has 0 amide bonds. The normalized spacial score (nSPS) is 10.9. The van der Waals surface area contributed by atoms with Gasteiger partial charge in [-0.2, -0.15) is 0 Å². The summed E-state index contributed by atoms with van der Waals surface area (Å²) in [6.07, 6.45) is 0. The number of para-hydroxylation sites is 1. The first-order valence-electron chi connectivity index (χ1n) is 7.47. The Morgan fingerprint density at radius 3 is 2.54 bits per heavy atom. The minimum atomic E-state index is -1.26. The summed E-state index contributed by atoms with van der Waals surface area (Å²) in [5.74, 6) is -0.972. The van der Waals surface area contributed by atoms with E-state index in [0.29, 0.717) is 11.3 Å². The van der Waals surface area contributed by atoms with Crippen molar-refractivity contribution >= 4 is 22.6 Å². The van der Waals surface area contributed by atoms with E-state index in [9.17, 15) is 20.0 Å². The van der Waals surface area contributed by atoms with Crippen LogP contribution in [0.1, 0.15) is 10.5 Å². The van der Waals surface area contributed by atoms with Crippen molar-refractivity contribution in [1.29, 1.82) is 0 Å². The van der Waals surface area contributed by atoms with Crippen molar-refractivity contribution in [1.82, 2.24) is 15.0 Å². The number of benzene rings is 2. The van der Waals surface area contributed by atoms with E-state index < -0.39 is 10.9 Å². The SMILES string of the molecule is O=C(O)c1nnn(-c2ccc([N+](=O)[O-])cc2)c1-c1cc2ccccc2o1. The first kappa shape index (κ1) is 15.5. The molecular weight excluding hydrogens is 340 g/mol. The Morgan fingerprint density at radius 1 is 1.15 bits per heavy atom. The molecule has 0 saturated carbocycles. The molecule has 0 spiro atoms. The zero-order valence-corrected chi connectivity index (χ0v) is 13.1. The van der Waals surface area contributed by atoms with Crippen LogP contribution in [-0.4, -0.2) is 31.0 Å². The Labute approximate surface area is 145 Å². The quantitative estimate of drug-likeness (QED) is 0.442. The number of hydrogen-bond acceptors (Lipinski definition) is 6. The van der Waals surface area contributed by atoms with Crippen molar-refractivity contribution < 1.29 is 19.2 Å². The van der Waals surface area contributed by atoms with Gasteiger partial charge in [0.05, 0.1) is 10.6 Å². The molecule has 0 unspecified atom stereocenters. The predicted octanol–water partition coefficient (Wildman–Crippen LogP) is 3.29. The third-order valence-electron chi connectivity index (χ3n) is 3.84. The molecule has 128 valence electrons. The van der Waals surface area contributed by atoms with Gasteiger partial charge in [-0.15, -0.1) is 5.10 Å². The second-order valence-electron chi connectivity index (χ2n) is 5.43. The Kier molecular flexibility index (Phi) is 3.47.